The molecular weight excluding hydrogens is 366 g/mol. The third-order valence-electron chi connectivity index (χ3n) is 5.70. The fraction of sp³-hybridized carbons (Fsp3) is 0.391. The van der Waals surface area contributed by atoms with Gasteiger partial charge in [0.1, 0.15) is 5.60 Å². The van der Waals surface area contributed by atoms with E-state index >= 15 is 0 Å². The number of hydroxylamine groups is 2. The van der Waals surface area contributed by atoms with Crippen LogP contribution in [0.25, 0.3) is 0 Å². The van der Waals surface area contributed by atoms with Crippen LogP contribution < -0.4 is 5.32 Å². The molecule has 0 bridgehead atoms. The molecule has 29 heavy (non-hydrogen) atoms. The van der Waals surface area contributed by atoms with Crippen molar-refractivity contribution < 1.29 is 14.5 Å². The van der Waals surface area contributed by atoms with Crippen LogP contribution in [0, 0.1) is 6.92 Å². The van der Waals surface area contributed by atoms with Gasteiger partial charge in [0.05, 0.1) is 5.71 Å². The molecule has 0 saturated carbocycles. The second kappa shape index (κ2) is 8.25. The highest BCUT2D eigenvalue weighted by Crippen LogP contribution is 2.36. The van der Waals surface area contributed by atoms with Gasteiger partial charge in [-0.25, -0.2) is 4.79 Å². The van der Waals surface area contributed by atoms with Gasteiger partial charge in [0, 0.05) is 38.0 Å². The van der Waals surface area contributed by atoms with Gasteiger partial charge in [-0.3, -0.25) is 5.32 Å². The maximum atomic E-state index is 12.3. The summed E-state index contributed by atoms with van der Waals surface area (Å²) in [5.74, 6) is 0. The average Bonchev–Trinajstić information content (AvgIpc) is 3.14. The summed E-state index contributed by atoms with van der Waals surface area (Å²) in [7, 11) is 0. The number of nitrogens with one attached hydrogen (secondary N) is 1. The molecular formula is C23H27N3O3. The largest absolute Gasteiger partial charge is 0.430 e. The summed E-state index contributed by atoms with van der Waals surface area (Å²) in [4.78, 5) is 23.7. The number of piperidine rings is 1. The lowest BCUT2D eigenvalue weighted by molar-refractivity contribution is -0.154. The Morgan fingerprint density at radius 2 is 1.90 bits per heavy atom. The van der Waals surface area contributed by atoms with E-state index in [-0.39, 0.29) is 5.60 Å². The van der Waals surface area contributed by atoms with E-state index in [1.54, 1.807) is 5.06 Å². The molecule has 2 aromatic rings. The molecule has 0 unspecified atom stereocenters. The Kier molecular flexibility index (Phi) is 5.53. The molecule has 1 N–H and O–H groups in total. The normalized spacial score (nSPS) is 18.2. The van der Waals surface area contributed by atoms with Gasteiger partial charge in [0.25, 0.3) is 0 Å². The van der Waals surface area contributed by atoms with E-state index in [0.29, 0.717) is 13.1 Å². The first-order valence-electron chi connectivity index (χ1n) is 10.2. The first kappa shape index (κ1) is 19.5. The quantitative estimate of drug-likeness (QED) is 0.819. The molecule has 2 aliphatic rings. The lowest BCUT2D eigenvalue weighted by Gasteiger charge is -2.35. The van der Waals surface area contributed by atoms with Crippen molar-refractivity contribution in [2.45, 2.75) is 45.1 Å². The van der Waals surface area contributed by atoms with E-state index in [0.717, 1.165) is 48.2 Å². The molecule has 1 spiro atoms. The Bertz CT molecular complexity index is 900. The number of carbonyl (C=O) groups is 1. The predicted octanol–water partition coefficient (Wildman–Crippen LogP) is 4.68. The predicted molar refractivity (Wildman–Crippen MR) is 113 cm³/mol. The molecule has 4 rings (SSSR count). The van der Waals surface area contributed by atoms with E-state index in [9.17, 15) is 4.79 Å². The van der Waals surface area contributed by atoms with Crippen molar-refractivity contribution in [1.29, 1.82) is 0 Å². The minimum Gasteiger partial charge on any atom is -0.388 e. The first-order chi connectivity index (χ1) is 14.1. The zero-order valence-corrected chi connectivity index (χ0v) is 17.0. The number of oxime groups is 1. The van der Waals surface area contributed by atoms with Gasteiger partial charge in [-0.1, -0.05) is 60.1 Å². The van der Waals surface area contributed by atoms with Gasteiger partial charge in [-0.2, -0.15) is 0 Å². The highest BCUT2D eigenvalue weighted by molar-refractivity contribution is 6.01. The fourth-order valence-electron chi connectivity index (χ4n) is 3.88. The number of nitrogens with zero attached hydrogens (tertiary/aromatic N) is 2. The molecule has 0 aromatic heterocycles. The van der Waals surface area contributed by atoms with Crippen LogP contribution in [0.1, 0.15) is 42.9 Å². The summed E-state index contributed by atoms with van der Waals surface area (Å²) >= 11 is 0. The van der Waals surface area contributed by atoms with Crippen LogP contribution in [0.2, 0.25) is 0 Å². The standard InChI is InChI=1S/C23H27N3O3/c1-3-18-6-4-5-7-20(18)24-22(27)28-26-14-12-23(13-15-26)16-21(25-29-23)19-10-8-17(2)9-11-19/h4-11H,3,12-16H2,1-2H3,(H,24,27). The van der Waals surface area contributed by atoms with E-state index in [1.165, 1.54) is 5.56 Å². The van der Waals surface area contributed by atoms with Gasteiger partial charge >= 0.3 is 6.09 Å². The second-order valence-electron chi connectivity index (χ2n) is 7.80. The number of carbonyl (C=O) groups excluding carboxylic acids is 1. The van der Waals surface area contributed by atoms with Gasteiger partial charge < -0.3 is 9.68 Å². The molecule has 0 atom stereocenters. The molecule has 2 heterocycles. The maximum Gasteiger partial charge on any atom is 0.430 e. The summed E-state index contributed by atoms with van der Waals surface area (Å²) in [6, 6.07) is 16.1. The number of para-hydroxylation sites is 1. The van der Waals surface area contributed by atoms with Crippen molar-refractivity contribution in [3.8, 4) is 0 Å². The van der Waals surface area contributed by atoms with E-state index in [4.69, 9.17) is 9.68 Å². The summed E-state index contributed by atoms with van der Waals surface area (Å²) in [5.41, 5.74) is 4.93. The molecule has 152 valence electrons. The summed E-state index contributed by atoms with van der Waals surface area (Å²) < 4.78 is 0. The molecule has 6 nitrogen and oxygen atoms in total. The van der Waals surface area contributed by atoms with Crippen molar-refractivity contribution in [2.24, 2.45) is 5.16 Å². The van der Waals surface area contributed by atoms with E-state index in [1.807, 2.05) is 24.3 Å². The molecule has 6 heteroatoms. The maximum absolute atomic E-state index is 12.3. The summed E-state index contributed by atoms with van der Waals surface area (Å²) in [6.45, 7) is 5.38. The lowest BCUT2D eigenvalue weighted by atomic mass is 9.86. The first-order valence-corrected chi connectivity index (χ1v) is 10.2. The topological polar surface area (TPSA) is 63.2 Å². The van der Waals surface area contributed by atoms with Gasteiger partial charge in [0.15, 0.2) is 0 Å². The smallest absolute Gasteiger partial charge is 0.388 e. The average molecular weight is 393 g/mol. The number of amides is 1. The van der Waals surface area contributed by atoms with Crippen molar-refractivity contribution in [1.82, 2.24) is 5.06 Å². The molecule has 2 aliphatic heterocycles. The molecule has 1 saturated heterocycles. The van der Waals surface area contributed by atoms with E-state index in [2.05, 4.69) is 48.6 Å². The van der Waals surface area contributed by atoms with Crippen LogP contribution in [0.15, 0.2) is 53.7 Å². The second-order valence-corrected chi connectivity index (χ2v) is 7.80. The van der Waals surface area contributed by atoms with Gasteiger partial charge in [0.2, 0.25) is 0 Å². The molecule has 0 radical (unpaired) electrons. The number of hydrogen-bond acceptors (Lipinski definition) is 5. The number of rotatable bonds is 4. The monoisotopic (exact) mass is 393 g/mol. The summed E-state index contributed by atoms with van der Waals surface area (Å²) in [6.07, 6.45) is 2.73. The van der Waals surface area contributed by atoms with E-state index < -0.39 is 6.09 Å². The van der Waals surface area contributed by atoms with Crippen LogP contribution >= 0.6 is 0 Å². The zero-order chi connectivity index (χ0) is 20.3. The number of aryl methyl sites for hydroxylation is 2. The van der Waals surface area contributed by atoms with Crippen molar-refractivity contribution >= 4 is 17.5 Å². The highest BCUT2D eigenvalue weighted by atomic mass is 16.7. The molecule has 1 fully saturated rings. The van der Waals surface area contributed by atoms with Crippen molar-refractivity contribution in [2.75, 3.05) is 18.4 Å². The van der Waals surface area contributed by atoms with Gasteiger partial charge in [-0.15, -0.1) is 5.06 Å². The van der Waals surface area contributed by atoms with Crippen LogP contribution in [0.3, 0.4) is 0 Å². The number of hydrogen-bond donors (Lipinski definition) is 1. The van der Waals surface area contributed by atoms with Crippen LogP contribution in [-0.2, 0) is 16.1 Å². The van der Waals surface area contributed by atoms with Gasteiger partial charge in [-0.05, 0) is 30.5 Å². The summed E-state index contributed by atoms with van der Waals surface area (Å²) in [5, 5.41) is 8.91. The molecule has 1 amide bonds. The number of anilines is 1. The Hall–Kier alpha value is -2.86. The SMILES string of the molecule is CCc1ccccc1NC(=O)ON1CCC2(CC1)CC(c1ccc(C)cc1)=NO2. The minimum atomic E-state index is -0.453. The zero-order valence-electron chi connectivity index (χ0n) is 17.0. The van der Waals surface area contributed by atoms with Crippen LogP contribution in [0.4, 0.5) is 10.5 Å². The number of benzene rings is 2. The Morgan fingerprint density at radius 1 is 1.17 bits per heavy atom. The Labute approximate surface area is 171 Å². The van der Waals surface area contributed by atoms with Crippen LogP contribution in [0.5, 0.6) is 0 Å². The Balaban J connectivity index is 1.29. The van der Waals surface area contributed by atoms with Crippen molar-refractivity contribution in [3.63, 3.8) is 0 Å². The van der Waals surface area contributed by atoms with Crippen LogP contribution in [-0.4, -0.2) is 35.6 Å². The Morgan fingerprint density at radius 3 is 2.62 bits per heavy atom. The molecule has 2 aromatic carbocycles. The highest BCUT2D eigenvalue weighted by Gasteiger charge is 2.43. The minimum absolute atomic E-state index is 0.286. The molecule has 0 aliphatic carbocycles. The third kappa shape index (κ3) is 4.43. The third-order valence-corrected chi connectivity index (χ3v) is 5.70. The van der Waals surface area contributed by atoms with Crippen molar-refractivity contribution in [3.05, 3.63) is 65.2 Å². The lowest BCUT2D eigenvalue weighted by Crippen LogP contribution is -2.45. The fourth-order valence-corrected chi connectivity index (χ4v) is 3.88.